The summed E-state index contributed by atoms with van der Waals surface area (Å²) in [5, 5.41) is 3.00. The lowest BCUT2D eigenvalue weighted by molar-refractivity contribution is -0.133. The lowest BCUT2D eigenvalue weighted by Crippen LogP contribution is -2.43. The summed E-state index contributed by atoms with van der Waals surface area (Å²) in [5.74, 6) is 0.438. The summed E-state index contributed by atoms with van der Waals surface area (Å²) in [7, 11) is 0. The lowest BCUT2D eigenvalue weighted by Gasteiger charge is -2.23. The van der Waals surface area contributed by atoms with Gasteiger partial charge in [-0.2, -0.15) is 0 Å². The van der Waals surface area contributed by atoms with Gasteiger partial charge in [0.1, 0.15) is 17.9 Å². The molecule has 3 amide bonds. The van der Waals surface area contributed by atoms with Crippen LogP contribution >= 0.6 is 27.5 Å². The first-order valence-corrected chi connectivity index (χ1v) is 11.8. The maximum Gasteiger partial charge on any atom is 0.408 e. The maximum absolute atomic E-state index is 12.6. The minimum Gasteiger partial charge on any atom is -0.492 e. The Labute approximate surface area is 202 Å². The Balaban J connectivity index is 1.69. The van der Waals surface area contributed by atoms with E-state index in [1.54, 1.807) is 42.7 Å². The van der Waals surface area contributed by atoms with E-state index in [4.69, 9.17) is 21.1 Å². The van der Waals surface area contributed by atoms with Crippen molar-refractivity contribution in [2.45, 2.75) is 45.6 Å². The van der Waals surface area contributed by atoms with Gasteiger partial charge in [0, 0.05) is 37.1 Å². The van der Waals surface area contributed by atoms with Gasteiger partial charge in [-0.25, -0.2) is 4.79 Å². The van der Waals surface area contributed by atoms with Gasteiger partial charge in [-0.3, -0.25) is 9.59 Å². The molecule has 1 N–H and O–H groups in total. The van der Waals surface area contributed by atoms with Gasteiger partial charge >= 0.3 is 6.09 Å². The molecule has 1 heterocycles. The standard InChI is InChI=1S/C22H31BrClN3O5/c1-22(2,3)32-21(30)25-15-20(29)27-10-5-9-26(11-12-27)19(28)6-4-13-31-18-8-7-16(23)14-17(18)24/h7-8,14H,4-6,9-13,15H2,1-3H3,(H,25,30). The van der Waals surface area contributed by atoms with Crippen molar-refractivity contribution in [2.75, 3.05) is 39.3 Å². The number of nitrogens with one attached hydrogen (secondary N) is 1. The number of hydrogen-bond acceptors (Lipinski definition) is 5. The summed E-state index contributed by atoms with van der Waals surface area (Å²) >= 11 is 9.47. The fourth-order valence-electron chi connectivity index (χ4n) is 3.15. The molecule has 178 valence electrons. The van der Waals surface area contributed by atoms with Crippen LogP contribution in [0.4, 0.5) is 4.79 Å². The predicted octanol–water partition coefficient (Wildman–Crippen LogP) is 3.85. The van der Waals surface area contributed by atoms with Crippen molar-refractivity contribution in [3.63, 3.8) is 0 Å². The molecule has 2 rings (SSSR count). The van der Waals surface area contributed by atoms with E-state index in [1.165, 1.54) is 0 Å². The number of alkyl carbamates (subject to hydrolysis) is 1. The third-order valence-corrected chi connectivity index (χ3v) is 5.46. The molecule has 0 spiro atoms. The van der Waals surface area contributed by atoms with Crippen LogP contribution in [0.25, 0.3) is 0 Å². The molecule has 1 fully saturated rings. The molecule has 1 aliphatic rings. The molecular formula is C22H31BrClN3O5. The third kappa shape index (κ3) is 9.24. The summed E-state index contributed by atoms with van der Waals surface area (Å²) in [4.78, 5) is 40.1. The van der Waals surface area contributed by atoms with Crippen LogP contribution in [0.5, 0.6) is 5.75 Å². The summed E-state index contributed by atoms with van der Waals surface area (Å²) in [6.07, 6.45) is 1.01. The van der Waals surface area contributed by atoms with Crippen LogP contribution in [0.15, 0.2) is 22.7 Å². The zero-order chi connectivity index (χ0) is 23.7. The molecule has 0 bridgehead atoms. The van der Waals surface area contributed by atoms with Crippen molar-refractivity contribution >= 4 is 45.4 Å². The Morgan fingerprint density at radius 1 is 1.09 bits per heavy atom. The number of halogens is 2. The van der Waals surface area contributed by atoms with Crippen molar-refractivity contribution in [2.24, 2.45) is 0 Å². The van der Waals surface area contributed by atoms with E-state index in [2.05, 4.69) is 21.2 Å². The Hall–Kier alpha value is -2.00. The average molecular weight is 533 g/mol. The Kier molecular flexibility index (Phi) is 10.1. The van der Waals surface area contributed by atoms with Gasteiger partial charge < -0.3 is 24.6 Å². The monoisotopic (exact) mass is 531 g/mol. The minimum atomic E-state index is -0.621. The highest BCUT2D eigenvalue weighted by Gasteiger charge is 2.23. The van der Waals surface area contributed by atoms with Gasteiger partial charge in [0.25, 0.3) is 0 Å². The van der Waals surface area contributed by atoms with Crippen LogP contribution in [0.3, 0.4) is 0 Å². The smallest absolute Gasteiger partial charge is 0.408 e. The highest BCUT2D eigenvalue weighted by molar-refractivity contribution is 9.10. The maximum atomic E-state index is 12.6. The van der Waals surface area contributed by atoms with Gasteiger partial charge in [0.15, 0.2) is 0 Å². The number of benzene rings is 1. The van der Waals surface area contributed by atoms with Crippen molar-refractivity contribution in [1.29, 1.82) is 0 Å². The van der Waals surface area contributed by atoms with Crippen LogP contribution in [-0.2, 0) is 14.3 Å². The average Bonchev–Trinajstić information content (AvgIpc) is 2.95. The van der Waals surface area contributed by atoms with E-state index in [1.807, 2.05) is 6.07 Å². The number of amides is 3. The van der Waals surface area contributed by atoms with Crippen LogP contribution in [0.1, 0.15) is 40.0 Å². The highest BCUT2D eigenvalue weighted by Crippen LogP contribution is 2.27. The predicted molar refractivity (Wildman–Crippen MR) is 126 cm³/mol. The summed E-state index contributed by atoms with van der Waals surface area (Å²) in [6.45, 7) is 7.60. The molecular weight excluding hydrogens is 502 g/mol. The third-order valence-electron chi connectivity index (χ3n) is 4.67. The second kappa shape index (κ2) is 12.3. The first-order chi connectivity index (χ1) is 15.0. The van der Waals surface area contributed by atoms with Gasteiger partial charge in [-0.1, -0.05) is 27.5 Å². The van der Waals surface area contributed by atoms with Gasteiger partial charge in [-0.15, -0.1) is 0 Å². The lowest BCUT2D eigenvalue weighted by atomic mass is 10.2. The van der Waals surface area contributed by atoms with E-state index in [0.717, 1.165) is 4.47 Å². The minimum absolute atomic E-state index is 0.0386. The molecule has 0 saturated carbocycles. The van der Waals surface area contributed by atoms with E-state index < -0.39 is 11.7 Å². The Bertz CT molecular complexity index is 815. The van der Waals surface area contributed by atoms with Crippen molar-refractivity contribution in [1.82, 2.24) is 15.1 Å². The summed E-state index contributed by atoms with van der Waals surface area (Å²) < 4.78 is 11.7. The molecule has 10 heteroatoms. The van der Waals surface area contributed by atoms with Crippen molar-refractivity contribution < 1.29 is 23.9 Å². The number of hydrogen-bond donors (Lipinski definition) is 1. The van der Waals surface area contributed by atoms with Crippen molar-refractivity contribution in [3.05, 3.63) is 27.7 Å². The van der Waals surface area contributed by atoms with E-state index in [0.29, 0.717) is 62.8 Å². The molecule has 0 aromatic heterocycles. The topological polar surface area (TPSA) is 88.2 Å². The van der Waals surface area contributed by atoms with Crippen LogP contribution < -0.4 is 10.1 Å². The van der Waals surface area contributed by atoms with Gasteiger partial charge in [-0.05, 0) is 51.8 Å². The molecule has 1 aliphatic heterocycles. The summed E-state index contributed by atoms with van der Waals surface area (Å²) in [6, 6.07) is 5.39. The SMILES string of the molecule is CC(C)(C)OC(=O)NCC(=O)N1CCCN(C(=O)CCCOc2ccc(Br)cc2Cl)CC1. The fourth-order valence-corrected chi connectivity index (χ4v) is 3.87. The molecule has 1 aromatic carbocycles. The van der Waals surface area contributed by atoms with Crippen LogP contribution in [0, 0.1) is 0 Å². The van der Waals surface area contributed by atoms with Crippen molar-refractivity contribution in [3.8, 4) is 5.75 Å². The normalized spacial score (nSPS) is 14.5. The van der Waals surface area contributed by atoms with Crippen LogP contribution in [0.2, 0.25) is 5.02 Å². The fraction of sp³-hybridized carbons (Fsp3) is 0.591. The zero-order valence-electron chi connectivity index (χ0n) is 18.8. The van der Waals surface area contributed by atoms with Gasteiger partial charge in [0.05, 0.1) is 11.6 Å². The highest BCUT2D eigenvalue weighted by atomic mass is 79.9. The molecule has 1 saturated heterocycles. The number of nitrogens with zero attached hydrogens (tertiary/aromatic N) is 2. The second-order valence-electron chi connectivity index (χ2n) is 8.50. The molecule has 0 unspecified atom stereocenters. The first kappa shape index (κ1) is 26.3. The summed E-state index contributed by atoms with van der Waals surface area (Å²) in [5.41, 5.74) is -0.619. The van der Waals surface area contributed by atoms with Crippen LogP contribution in [-0.4, -0.2) is 72.6 Å². The molecule has 8 nitrogen and oxygen atoms in total. The number of rotatable bonds is 7. The van der Waals surface area contributed by atoms with E-state index in [9.17, 15) is 14.4 Å². The number of ether oxygens (including phenoxy) is 2. The van der Waals surface area contributed by atoms with Gasteiger partial charge in [0.2, 0.25) is 11.8 Å². The number of carbonyl (C=O) groups is 3. The van der Waals surface area contributed by atoms with E-state index >= 15 is 0 Å². The zero-order valence-corrected chi connectivity index (χ0v) is 21.1. The number of carbonyl (C=O) groups excluding carboxylic acids is 3. The Morgan fingerprint density at radius 3 is 2.38 bits per heavy atom. The second-order valence-corrected chi connectivity index (χ2v) is 9.82. The Morgan fingerprint density at radius 2 is 1.75 bits per heavy atom. The molecule has 0 radical (unpaired) electrons. The first-order valence-electron chi connectivity index (χ1n) is 10.7. The molecule has 0 atom stereocenters. The molecule has 0 aliphatic carbocycles. The quantitative estimate of drug-likeness (QED) is 0.539. The van der Waals surface area contributed by atoms with E-state index in [-0.39, 0.29) is 18.4 Å². The molecule has 1 aromatic rings. The molecule has 32 heavy (non-hydrogen) atoms. The largest absolute Gasteiger partial charge is 0.492 e.